The van der Waals surface area contributed by atoms with Crippen molar-refractivity contribution in [3.63, 3.8) is 0 Å². The van der Waals surface area contributed by atoms with Crippen LogP contribution in [0.1, 0.15) is 6.42 Å². The van der Waals surface area contributed by atoms with Gasteiger partial charge in [0.15, 0.2) is 0 Å². The average Bonchev–Trinajstić information content (AvgIpc) is 2.73. The summed E-state index contributed by atoms with van der Waals surface area (Å²) >= 11 is 0. The molecular weight excluding hydrogens is 188 g/mol. The SMILES string of the molecule is C=CCNC(=O)C1CC12CNC2.Cl. The third-order valence-corrected chi connectivity index (χ3v) is 2.88. The van der Waals surface area contributed by atoms with Gasteiger partial charge < -0.3 is 10.6 Å². The van der Waals surface area contributed by atoms with Crippen molar-refractivity contribution in [2.75, 3.05) is 19.6 Å². The highest BCUT2D eigenvalue weighted by Gasteiger charge is 2.61. The second kappa shape index (κ2) is 3.68. The van der Waals surface area contributed by atoms with Crippen molar-refractivity contribution in [2.45, 2.75) is 6.42 Å². The molecule has 1 unspecified atom stereocenters. The standard InChI is InChI=1S/C9H14N2O.ClH/c1-2-3-11-8(12)7-4-9(7)5-10-6-9;/h2,7,10H,1,3-6H2,(H,11,12);1H. The molecule has 1 aliphatic heterocycles. The predicted octanol–water partition coefficient (Wildman–Crippen LogP) is 0.320. The maximum Gasteiger partial charge on any atom is 0.224 e. The molecular formula is C9H15ClN2O. The molecule has 2 N–H and O–H groups in total. The lowest BCUT2D eigenvalue weighted by Gasteiger charge is -2.28. The fourth-order valence-electron chi connectivity index (χ4n) is 1.85. The molecule has 1 saturated heterocycles. The van der Waals surface area contributed by atoms with Crippen molar-refractivity contribution in [2.24, 2.45) is 11.3 Å². The van der Waals surface area contributed by atoms with Crippen LogP contribution >= 0.6 is 12.4 Å². The molecule has 0 aromatic carbocycles. The van der Waals surface area contributed by atoms with Crippen molar-refractivity contribution in [3.05, 3.63) is 12.7 Å². The van der Waals surface area contributed by atoms with Crippen LogP contribution in [0.3, 0.4) is 0 Å². The zero-order valence-corrected chi connectivity index (χ0v) is 8.32. The summed E-state index contributed by atoms with van der Waals surface area (Å²) in [5, 5.41) is 6.04. The predicted molar refractivity (Wildman–Crippen MR) is 53.9 cm³/mol. The van der Waals surface area contributed by atoms with Crippen LogP contribution in [-0.4, -0.2) is 25.5 Å². The summed E-state index contributed by atoms with van der Waals surface area (Å²) in [5.41, 5.74) is 0.352. The number of rotatable bonds is 3. The smallest absolute Gasteiger partial charge is 0.224 e. The minimum Gasteiger partial charge on any atom is -0.352 e. The first-order valence-electron chi connectivity index (χ1n) is 4.38. The quantitative estimate of drug-likeness (QED) is 0.648. The van der Waals surface area contributed by atoms with E-state index in [0.29, 0.717) is 12.0 Å². The van der Waals surface area contributed by atoms with Crippen molar-refractivity contribution in [1.29, 1.82) is 0 Å². The summed E-state index contributed by atoms with van der Waals surface area (Å²) in [6, 6.07) is 0. The minimum absolute atomic E-state index is 0. The first-order valence-corrected chi connectivity index (χ1v) is 4.38. The van der Waals surface area contributed by atoms with E-state index in [0.717, 1.165) is 19.5 Å². The maximum absolute atomic E-state index is 11.4. The van der Waals surface area contributed by atoms with Gasteiger partial charge in [-0.1, -0.05) is 6.08 Å². The highest BCUT2D eigenvalue weighted by Crippen LogP contribution is 2.55. The van der Waals surface area contributed by atoms with Gasteiger partial charge in [-0.3, -0.25) is 4.79 Å². The average molecular weight is 203 g/mol. The normalized spacial score (nSPS) is 26.9. The van der Waals surface area contributed by atoms with Crippen LogP contribution in [0, 0.1) is 11.3 Å². The van der Waals surface area contributed by atoms with Crippen LogP contribution < -0.4 is 10.6 Å². The molecule has 1 atom stereocenters. The fourth-order valence-corrected chi connectivity index (χ4v) is 1.85. The molecule has 2 aliphatic rings. The van der Waals surface area contributed by atoms with E-state index in [1.165, 1.54) is 0 Å². The lowest BCUT2D eigenvalue weighted by molar-refractivity contribution is -0.123. The number of amides is 1. The molecule has 1 spiro atoms. The van der Waals surface area contributed by atoms with Crippen LogP contribution in [-0.2, 0) is 4.79 Å². The van der Waals surface area contributed by atoms with E-state index in [4.69, 9.17) is 0 Å². The van der Waals surface area contributed by atoms with Crippen LogP contribution in [0.25, 0.3) is 0 Å². The van der Waals surface area contributed by atoms with Crippen LogP contribution in [0.2, 0.25) is 0 Å². The van der Waals surface area contributed by atoms with Crippen molar-refractivity contribution >= 4 is 18.3 Å². The Labute approximate surface area is 84.4 Å². The number of halogens is 1. The van der Waals surface area contributed by atoms with Gasteiger partial charge >= 0.3 is 0 Å². The van der Waals surface area contributed by atoms with Crippen molar-refractivity contribution in [1.82, 2.24) is 10.6 Å². The summed E-state index contributed by atoms with van der Waals surface area (Å²) < 4.78 is 0. The van der Waals surface area contributed by atoms with E-state index in [1.54, 1.807) is 6.08 Å². The minimum atomic E-state index is 0. The second-order valence-electron chi connectivity index (χ2n) is 3.76. The molecule has 1 saturated carbocycles. The molecule has 0 aromatic rings. The molecule has 2 rings (SSSR count). The van der Waals surface area contributed by atoms with Gasteiger partial charge in [-0.15, -0.1) is 19.0 Å². The molecule has 1 amide bonds. The van der Waals surface area contributed by atoms with Gasteiger partial charge in [0.1, 0.15) is 0 Å². The summed E-state index contributed by atoms with van der Waals surface area (Å²) in [6.45, 7) is 6.21. The molecule has 4 heteroatoms. The number of nitrogens with one attached hydrogen (secondary N) is 2. The van der Waals surface area contributed by atoms with E-state index >= 15 is 0 Å². The molecule has 13 heavy (non-hydrogen) atoms. The molecule has 0 radical (unpaired) electrons. The highest BCUT2D eigenvalue weighted by molar-refractivity contribution is 5.85. The third kappa shape index (κ3) is 1.71. The molecule has 1 aliphatic carbocycles. The number of carbonyl (C=O) groups is 1. The van der Waals surface area contributed by atoms with Crippen molar-refractivity contribution in [3.8, 4) is 0 Å². The number of hydrogen-bond acceptors (Lipinski definition) is 2. The Balaban J connectivity index is 0.000000845. The van der Waals surface area contributed by atoms with E-state index in [1.807, 2.05) is 0 Å². The topological polar surface area (TPSA) is 41.1 Å². The maximum atomic E-state index is 11.4. The largest absolute Gasteiger partial charge is 0.352 e. The Bertz CT molecular complexity index is 226. The fraction of sp³-hybridized carbons (Fsp3) is 0.667. The monoisotopic (exact) mass is 202 g/mol. The molecule has 1 heterocycles. The number of carbonyl (C=O) groups excluding carboxylic acids is 1. The van der Waals surface area contributed by atoms with E-state index in [9.17, 15) is 4.79 Å². The van der Waals surface area contributed by atoms with Crippen LogP contribution in [0.4, 0.5) is 0 Å². The van der Waals surface area contributed by atoms with E-state index in [-0.39, 0.29) is 24.2 Å². The van der Waals surface area contributed by atoms with E-state index < -0.39 is 0 Å². The molecule has 2 fully saturated rings. The Morgan fingerprint density at radius 3 is 2.77 bits per heavy atom. The second-order valence-corrected chi connectivity index (χ2v) is 3.76. The van der Waals surface area contributed by atoms with Gasteiger partial charge in [0, 0.05) is 31.0 Å². The number of hydrogen-bond donors (Lipinski definition) is 2. The molecule has 74 valence electrons. The Hall–Kier alpha value is -0.540. The summed E-state index contributed by atoms with van der Waals surface area (Å²) in [5.74, 6) is 0.482. The van der Waals surface area contributed by atoms with Gasteiger partial charge in [0.05, 0.1) is 0 Å². The zero-order valence-electron chi connectivity index (χ0n) is 7.51. The Kier molecular flexibility index (Phi) is 2.98. The lowest BCUT2D eigenvalue weighted by Crippen LogP contribution is -2.47. The first-order chi connectivity index (χ1) is 5.78. The highest BCUT2D eigenvalue weighted by atomic mass is 35.5. The Morgan fingerprint density at radius 2 is 2.38 bits per heavy atom. The summed E-state index contributed by atoms with van der Waals surface area (Å²) in [4.78, 5) is 11.4. The van der Waals surface area contributed by atoms with E-state index in [2.05, 4.69) is 17.2 Å². The van der Waals surface area contributed by atoms with Gasteiger partial charge in [0.25, 0.3) is 0 Å². The van der Waals surface area contributed by atoms with Crippen molar-refractivity contribution < 1.29 is 4.79 Å². The van der Waals surface area contributed by atoms with Gasteiger partial charge in [-0.25, -0.2) is 0 Å². The molecule has 3 nitrogen and oxygen atoms in total. The summed E-state index contributed by atoms with van der Waals surface area (Å²) in [6.07, 6.45) is 2.79. The zero-order chi connectivity index (χ0) is 8.60. The van der Waals surface area contributed by atoms with Gasteiger partial charge in [0.2, 0.25) is 5.91 Å². The van der Waals surface area contributed by atoms with Gasteiger partial charge in [-0.05, 0) is 6.42 Å². The first kappa shape index (κ1) is 10.5. The van der Waals surface area contributed by atoms with Crippen LogP contribution in [0.15, 0.2) is 12.7 Å². The van der Waals surface area contributed by atoms with Gasteiger partial charge in [-0.2, -0.15) is 0 Å². The lowest BCUT2D eigenvalue weighted by atomic mass is 9.96. The summed E-state index contributed by atoms with van der Waals surface area (Å²) in [7, 11) is 0. The van der Waals surface area contributed by atoms with Crippen LogP contribution in [0.5, 0.6) is 0 Å². The Morgan fingerprint density at radius 1 is 1.69 bits per heavy atom. The molecule has 0 aromatic heterocycles. The third-order valence-electron chi connectivity index (χ3n) is 2.88. The molecule has 0 bridgehead atoms.